The first-order valence-corrected chi connectivity index (χ1v) is 9.52. The lowest BCUT2D eigenvalue weighted by Crippen LogP contribution is -2.40. The molecular weight excluding hydrogens is 314 g/mol. The quantitative estimate of drug-likeness (QED) is 0.579. The first-order valence-electron chi connectivity index (χ1n) is 9.52. The molecule has 0 aromatic heterocycles. The van der Waals surface area contributed by atoms with Gasteiger partial charge in [-0.3, -0.25) is 0 Å². The van der Waals surface area contributed by atoms with Crippen LogP contribution in [0.1, 0.15) is 38.7 Å². The van der Waals surface area contributed by atoms with E-state index in [-0.39, 0.29) is 0 Å². The van der Waals surface area contributed by atoms with Crippen molar-refractivity contribution < 1.29 is 9.47 Å². The number of nitrogens with zero attached hydrogens (tertiary/aromatic N) is 2. The summed E-state index contributed by atoms with van der Waals surface area (Å²) in [6.07, 6.45) is 3.56. The molecule has 0 saturated carbocycles. The summed E-state index contributed by atoms with van der Waals surface area (Å²) in [5.74, 6) is 2.66. The summed E-state index contributed by atoms with van der Waals surface area (Å²) in [7, 11) is 2.12. The molecule has 1 aliphatic rings. The molecule has 1 N–H and O–H groups in total. The van der Waals surface area contributed by atoms with Gasteiger partial charge in [-0.25, -0.2) is 4.99 Å². The lowest BCUT2D eigenvalue weighted by Gasteiger charge is -2.27. The van der Waals surface area contributed by atoms with Crippen LogP contribution in [0.4, 0.5) is 0 Å². The molecule has 0 aliphatic carbocycles. The first kappa shape index (κ1) is 19.6. The lowest BCUT2D eigenvalue weighted by molar-refractivity contribution is 0.0625. The Morgan fingerprint density at radius 2 is 2.04 bits per heavy atom. The molecule has 2 rings (SSSR count). The number of guanidine groups is 1. The van der Waals surface area contributed by atoms with Crippen LogP contribution in [0.2, 0.25) is 0 Å². The van der Waals surface area contributed by atoms with Gasteiger partial charge in [0, 0.05) is 38.9 Å². The summed E-state index contributed by atoms with van der Waals surface area (Å²) >= 11 is 0. The molecule has 0 radical (unpaired) electrons. The van der Waals surface area contributed by atoms with E-state index < -0.39 is 0 Å². The highest BCUT2D eigenvalue weighted by Gasteiger charge is 2.15. The molecular formula is C20H33N3O2. The molecule has 1 aliphatic heterocycles. The summed E-state index contributed by atoms with van der Waals surface area (Å²) in [5, 5.41) is 3.40. The second-order valence-corrected chi connectivity index (χ2v) is 6.48. The van der Waals surface area contributed by atoms with Gasteiger partial charge < -0.3 is 19.7 Å². The van der Waals surface area contributed by atoms with Gasteiger partial charge in [0.1, 0.15) is 5.75 Å². The van der Waals surface area contributed by atoms with Crippen LogP contribution in [0, 0.1) is 5.92 Å². The molecule has 0 atom stereocenters. The highest BCUT2D eigenvalue weighted by Crippen LogP contribution is 2.20. The van der Waals surface area contributed by atoms with E-state index in [4.69, 9.17) is 14.5 Å². The van der Waals surface area contributed by atoms with Gasteiger partial charge in [-0.1, -0.05) is 18.2 Å². The molecule has 5 heteroatoms. The van der Waals surface area contributed by atoms with E-state index in [0.717, 1.165) is 49.5 Å². The van der Waals surface area contributed by atoms with E-state index in [1.807, 2.05) is 25.1 Å². The summed E-state index contributed by atoms with van der Waals surface area (Å²) in [6.45, 7) is 9.13. The lowest BCUT2D eigenvalue weighted by atomic mass is 9.96. The third-order valence-electron chi connectivity index (χ3n) is 4.58. The summed E-state index contributed by atoms with van der Waals surface area (Å²) < 4.78 is 11.2. The Morgan fingerprint density at radius 1 is 1.28 bits per heavy atom. The fourth-order valence-corrected chi connectivity index (χ4v) is 3.08. The number of aliphatic imine (C=N–C) groups is 1. The number of ether oxygens (including phenoxy) is 2. The Bertz CT molecular complexity index is 527. The zero-order valence-corrected chi connectivity index (χ0v) is 16.0. The predicted octanol–water partition coefficient (Wildman–Crippen LogP) is 3.30. The van der Waals surface area contributed by atoms with E-state index in [9.17, 15) is 0 Å². The van der Waals surface area contributed by atoms with Gasteiger partial charge in [-0.15, -0.1) is 0 Å². The van der Waals surface area contributed by atoms with Crippen molar-refractivity contribution in [2.75, 3.05) is 40.0 Å². The average Bonchev–Trinajstić information content (AvgIpc) is 2.65. The van der Waals surface area contributed by atoms with Gasteiger partial charge in [0.2, 0.25) is 0 Å². The van der Waals surface area contributed by atoms with Crippen LogP contribution >= 0.6 is 0 Å². The fraction of sp³-hybridized carbons (Fsp3) is 0.650. The van der Waals surface area contributed by atoms with Crippen LogP contribution in [-0.2, 0) is 11.3 Å². The van der Waals surface area contributed by atoms with Gasteiger partial charge >= 0.3 is 0 Å². The monoisotopic (exact) mass is 347 g/mol. The largest absolute Gasteiger partial charge is 0.494 e. The number of nitrogens with one attached hydrogen (secondary N) is 1. The van der Waals surface area contributed by atoms with Gasteiger partial charge in [0.15, 0.2) is 5.96 Å². The van der Waals surface area contributed by atoms with Gasteiger partial charge in [-0.05, 0) is 45.1 Å². The smallest absolute Gasteiger partial charge is 0.193 e. The van der Waals surface area contributed by atoms with Crippen molar-refractivity contribution in [2.24, 2.45) is 10.9 Å². The zero-order valence-electron chi connectivity index (χ0n) is 16.0. The molecule has 0 spiro atoms. The van der Waals surface area contributed by atoms with E-state index in [0.29, 0.717) is 13.2 Å². The predicted molar refractivity (Wildman–Crippen MR) is 103 cm³/mol. The van der Waals surface area contributed by atoms with Crippen molar-refractivity contribution in [2.45, 2.75) is 39.7 Å². The molecule has 1 fully saturated rings. The van der Waals surface area contributed by atoms with Gasteiger partial charge in [0.25, 0.3) is 0 Å². The molecule has 0 amide bonds. The molecule has 25 heavy (non-hydrogen) atoms. The SMILES string of the molecule is CCNC(=NCc1ccccc1OCC)N(C)CCC1CCOCC1. The minimum atomic E-state index is 0.625. The topological polar surface area (TPSA) is 46.1 Å². The standard InChI is InChI=1S/C20H33N3O2/c1-4-21-20(23(3)13-10-17-11-14-24-15-12-17)22-16-18-8-6-7-9-19(18)25-5-2/h6-9,17H,4-5,10-16H2,1-3H3,(H,21,22). The van der Waals surface area contributed by atoms with E-state index in [1.165, 1.54) is 19.3 Å². The van der Waals surface area contributed by atoms with Crippen LogP contribution in [0.15, 0.2) is 29.3 Å². The normalized spacial score (nSPS) is 15.9. The Kier molecular flexibility index (Phi) is 8.60. The molecule has 1 saturated heterocycles. The van der Waals surface area contributed by atoms with E-state index >= 15 is 0 Å². The Labute approximate surface area is 152 Å². The maximum absolute atomic E-state index is 5.70. The van der Waals surface area contributed by atoms with Gasteiger partial charge in [0.05, 0.1) is 13.2 Å². The maximum atomic E-state index is 5.70. The van der Waals surface area contributed by atoms with Crippen LogP contribution in [0.5, 0.6) is 5.75 Å². The summed E-state index contributed by atoms with van der Waals surface area (Å²) in [6, 6.07) is 8.13. The number of rotatable bonds is 8. The van der Waals surface area contributed by atoms with Crippen LogP contribution < -0.4 is 10.1 Å². The Morgan fingerprint density at radius 3 is 2.76 bits per heavy atom. The molecule has 140 valence electrons. The third kappa shape index (κ3) is 6.58. The van der Waals surface area contributed by atoms with E-state index in [2.05, 4.69) is 30.3 Å². The van der Waals surface area contributed by atoms with Crippen LogP contribution in [0.25, 0.3) is 0 Å². The molecule has 0 unspecified atom stereocenters. The number of hydrogen-bond acceptors (Lipinski definition) is 3. The molecule has 5 nitrogen and oxygen atoms in total. The Hall–Kier alpha value is -1.75. The van der Waals surface area contributed by atoms with E-state index in [1.54, 1.807) is 0 Å². The number of hydrogen-bond donors (Lipinski definition) is 1. The molecule has 0 bridgehead atoms. The summed E-state index contributed by atoms with van der Waals surface area (Å²) in [4.78, 5) is 7.06. The second kappa shape index (κ2) is 11.0. The highest BCUT2D eigenvalue weighted by atomic mass is 16.5. The van der Waals surface area contributed by atoms with Crippen molar-refractivity contribution in [3.05, 3.63) is 29.8 Å². The average molecular weight is 348 g/mol. The number of benzene rings is 1. The van der Waals surface area contributed by atoms with Crippen molar-refractivity contribution in [3.8, 4) is 5.75 Å². The highest BCUT2D eigenvalue weighted by molar-refractivity contribution is 5.79. The Balaban J connectivity index is 1.94. The third-order valence-corrected chi connectivity index (χ3v) is 4.58. The zero-order chi connectivity index (χ0) is 17.9. The molecule has 1 aromatic rings. The maximum Gasteiger partial charge on any atom is 0.193 e. The summed E-state index contributed by atoms with van der Waals surface area (Å²) in [5.41, 5.74) is 1.12. The van der Waals surface area contributed by atoms with Gasteiger partial charge in [-0.2, -0.15) is 0 Å². The second-order valence-electron chi connectivity index (χ2n) is 6.48. The minimum Gasteiger partial charge on any atom is -0.494 e. The van der Waals surface area contributed by atoms with Crippen LogP contribution in [-0.4, -0.2) is 50.8 Å². The van der Waals surface area contributed by atoms with Crippen molar-refractivity contribution in [3.63, 3.8) is 0 Å². The van der Waals surface area contributed by atoms with Crippen LogP contribution in [0.3, 0.4) is 0 Å². The van der Waals surface area contributed by atoms with Crippen molar-refractivity contribution in [1.82, 2.24) is 10.2 Å². The van der Waals surface area contributed by atoms with Crippen molar-refractivity contribution in [1.29, 1.82) is 0 Å². The van der Waals surface area contributed by atoms with Crippen molar-refractivity contribution >= 4 is 5.96 Å². The number of para-hydroxylation sites is 1. The minimum absolute atomic E-state index is 0.625. The molecule has 1 aromatic carbocycles. The fourth-order valence-electron chi connectivity index (χ4n) is 3.08. The first-order chi connectivity index (χ1) is 12.2. The molecule has 1 heterocycles.